The summed E-state index contributed by atoms with van der Waals surface area (Å²) in [6, 6.07) is 0.114. The van der Waals surface area contributed by atoms with E-state index in [1.54, 1.807) is 0 Å². The lowest BCUT2D eigenvalue weighted by atomic mass is 9.32. The molecule has 5 rings (SSSR count). The molecule has 0 aromatic carbocycles. The van der Waals surface area contributed by atoms with Gasteiger partial charge in [-0.25, -0.2) is 0 Å². The first kappa shape index (κ1) is 28.7. The summed E-state index contributed by atoms with van der Waals surface area (Å²) in [5, 5.41) is 17.5. The maximum Gasteiger partial charge on any atom is 0.309 e. The van der Waals surface area contributed by atoms with E-state index in [4.69, 9.17) is 4.84 Å². The zero-order chi connectivity index (χ0) is 28.6. The molecule has 218 valence electrons. The summed E-state index contributed by atoms with van der Waals surface area (Å²) in [5.74, 6) is 1.38. The number of amides is 1. The number of hydrogen-bond donors (Lipinski definition) is 2. The van der Waals surface area contributed by atoms with Crippen molar-refractivity contribution in [2.75, 3.05) is 7.11 Å². The van der Waals surface area contributed by atoms with E-state index in [0.29, 0.717) is 23.7 Å². The van der Waals surface area contributed by atoms with Crippen LogP contribution in [0.4, 0.5) is 0 Å². The third-order valence-corrected chi connectivity index (χ3v) is 14.1. The summed E-state index contributed by atoms with van der Waals surface area (Å²) < 4.78 is 0. The van der Waals surface area contributed by atoms with Crippen molar-refractivity contribution in [2.45, 2.75) is 112 Å². The predicted molar refractivity (Wildman–Crippen MR) is 154 cm³/mol. The monoisotopic (exact) mass is 540 g/mol. The van der Waals surface area contributed by atoms with Gasteiger partial charge in [-0.2, -0.15) is 0 Å². The highest BCUT2D eigenvalue weighted by molar-refractivity contribution is 6.26. The third-order valence-electron chi connectivity index (χ3n) is 14.1. The fourth-order valence-corrected chi connectivity index (χ4v) is 12.1. The van der Waals surface area contributed by atoms with Gasteiger partial charge in [0.05, 0.1) is 5.41 Å². The van der Waals surface area contributed by atoms with Crippen LogP contribution in [-0.2, 0) is 14.4 Å². The largest absolute Gasteiger partial charge is 0.481 e. The van der Waals surface area contributed by atoms with E-state index in [1.165, 1.54) is 31.7 Å². The Morgan fingerprint density at radius 2 is 1.64 bits per heavy atom. The van der Waals surface area contributed by atoms with Gasteiger partial charge in [0.2, 0.25) is 0 Å². The number of carbonyl (C=O) groups excluding carboxylic acids is 1. The number of carboxylic acid groups (broad SMARTS) is 1. The molecular weight excluding hydrogens is 488 g/mol. The Kier molecular flexibility index (Phi) is 6.87. The van der Waals surface area contributed by atoms with Gasteiger partial charge in [-0.1, -0.05) is 51.9 Å². The molecule has 3 unspecified atom stereocenters. The Labute approximate surface area is 235 Å². The van der Waals surface area contributed by atoms with E-state index in [9.17, 15) is 14.7 Å². The first-order valence-corrected chi connectivity index (χ1v) is 15.4. The lowest BCUT2D eigenvalue weighted by Crippen LogP contribution is -2.68. The summed E-state index contributed by atoms with van der Waals surface area (Å²) >= 11 is 0. The number of nitrogens with zero attached hydrogens (tertiary/aromatic N) is 1. The van der Waals surface area contributed by atoms with Crippen LogP contribution in [-0.4, -0.2) is 36.3 Å². The summed E-state index contributed by atoms with van der Waals surface area (Å²) in [6.07, 6.45) is 11.6. The minimum atomic E-state index is -0.567. The number of carboxylic acids is 1. The highest BCUT2D eigenvalue weighted by atomic mass is 16.6. The Morgan fingerprint density at radius 3 is 2.28 bits per heavy atom. The molecule has 6 heteroatoms. The number of rotatable bonds is 5. The smallest absolute Gasteiger partial charge is 0.309 e. The molecule has 1 amide bonds. The SMILES string of the molecule is C=C(C)[C@@H]1CC[C@]2(C(=O)O)CC[C@]3(C)[C@H](CCC4[C@@]5(C)CC[C@H](NC(=O)C=NOC)C(C)(C)C5CC[C@]43C)C12. The first-order chi connectivity index (χ1) is 18.2. The zero-order valence-corrected chi connectivity index (χ0v) is 25.4. The van der Waals surface area contributed by atoms with E-state index in [2.05, 4.69) is 58.6 Å². The molecular formula is C33H52N2O4. The Morgan fingerprint density at radius 1 is 0.923 bits per heavy atom. The van der Waals surface area contributed by atoms with Gasteiger partial charge < -0.3 is 15.3 Å². The molecule has 0 spiro atoms. The minimum Gasteiger partial charge on any atom is -0.481 e. The Bertz CT molecular complexity index is 1070. The van der Waals surface area contributed by atoms with E-state index in [1.807, 2.05) is 0 Å². The second-order valence-corrected chi connectivity index (χ2v) is 15.5. The van der Waals surface area contributed by atoms with Crippen LogP contribution in [0, 0.1) is 56.7 Å². The molecule has 0 aliphatic heterocycles. The zero-order valence-electron chi connectivity index (χ0n) is 25.4. The molecule has 0 aromatic rings. The predicted octanol–water partition coefficient (Wildman–Crippen LogP) is 6.85. The molecule has 0 radical (unpaired) electrons. The van der Waals surface area contributed by atoms with Crippen molar-refractivity contribution in [3.63, 3.8) is 0 Å². The lowest BCUT2D eigenvalue weighted by Gasteiger charge is -2.73. The van der Waals surface area contributed by atoms with Gasteiger partial charge in [-0.15, -0.1) is 0 Å². The number of aliphatic carboxylic acids is 1. The van der Waals surface area contributed by atoms with Crippen molar-refractivity contribution in [1.29, 1.82) is 0 Å². The molecule has 0 aromatic heterocycles. The van der Waals surface area contributed by atoms with E-state index < -0.39 is 11.4 Å². The minimum absolute atomic E-state index is 0.0236. The molecule has 5 aliphatic rings. The molecule has 2 N–H and O–H groups in total. The second-order valence-electron chi connectivity index (χ2n) is 15.5. The quantitative estimate of drug-likeness (QED) is 0.227. The fourth-order valence-electron chi connectivity index (χ4n) is 12.1. The van der Waals surface area contributed by atoms with Crippen LogP contribution in [0.3, 0.4) is 0 Å². The van der Waals surface area contributed by atoms with Gasteiger partial charge in [0.1, 0.15) is 13.3 Å². The van der Waals surface area contributed by atoms with E-state index in [-0.39, 0.29) is 39.5 Å². The number of allylic oxidation sites excluding steroid dienone is 1. The summed E-state index contributed by atoms with van der Waals surface area (Å²) in [5.41, 5.74) is 1.12. The van der Waals surface area contributed by atoms with Crippen LogP contribution >= 0.6 is 0 Å². The van der Waals surface area contributed by atoms with Crippen molar-refractivity contribution in [2.24, 2.45) is 61.8 Å². The average Bonchev–Trinajstić information content (AvgIpc) is 3.26. The van der Waals surface area contributed by atoms with Crippen molar-refractivity contribution in [3.8, 4) is 0 Å². The molecule has 0 heterocycles. The Hall–Kier alpha value is -1.85. The highest BCUT2D eigenvalue weighted by Gasteiger charge is 2.72. The number of fused-ring (bicyclic) bond motifs is 7. The Balaban J connectivity index is 1.46. The first-order valence-electron chi connectivity index (χ1n) is 15.4. The van der Waals surface area contributed by atoms with E-state index >= 15 is 0 Å². The molecule has 5 aliphatic carbocycles. The van der Waals surface area contributed by atoms with Crippen molar-refractivity contribution < 1.29 is 19.5 Å². The molecule has 6 nitrogen and oxygen atoms in total. The van der Waals surface area contributed by atoms with Crippen LogP contribution in [0.15, 0.2) is 17.3 Å². The summed E-state index contributed by atoms with van der Waals surface area (Å²) in [7, 11) is 1.45. The summed E-state index contributed by atoms with van der Waals surface area (Å²) in [6.45, 7) is 18.9. The van der Waals surface area contributed by atoms with Gasteiger partial charge in [-0.05, 0) is 122 Å². The number of oxime groups is 1. The van der Waals surface area contributed by atoms with Crippen LogP contribution in [0.2, 0.25) is 0 Å². The number of nitrogens with one attached hydrogen (secondary N) is 1. The standard InChI is InChI=1S/C33H52N2O4/c1-20(2)21-11-16-33(28(37)38)18-17-31(6)22(27(21)33)9-10-24-30(5)14-13-25(35-26(36)19-34-39-8)29(3,4)23(30)12-15-32(24,31)7/h19,21-25,27H,1,9-18H2,2-8H3,(H,35,36)(H,37,38)/t21-,22+,23?,24?,25-,27?,30-,31+,32+,33-/m0/s1. The van der Waals surface area contributed by atoms with Gasteiger partial charge in [0, 0.05) is 6.04 Å². The maximum atomic E-state index is 12.9. The van der Waals surface area contributed by atoms with Crippen molar-refractivity contribution in [1.82, 2.24) is 5.32 Å². The maximum absolute atomic E-state index is 12.9. The van der Waals surface area contributed by atoms with Crippen LogP contribution < -0.4 is 5.32 Å². The van der Waals surface area contributed by atoms with Crippen LogP contribution in [0.1, 0.15) is 106 Å². The summed E-state index contributed by atoms with van der Waals surface area (Å²) in [4.78, 5) is 30.1. The highest BCUT2D eigenvalue weighted by Crippen LogP contribution is 2.77. The normalized spacial score (nSPS) is 48.3. The molecule has 0 saturated heterocycles. The number of hydrogen-bond acceptors (Lipinski definition) is 4. The third kappa shape index (κ3) is 3.81. The van der Waals surface area contributed by atoms with E-state index in [0.717, 1.165) is 51.4 Å². The molecule has 39 heavy (non-hydrogen) atoms. The van der Waals surface area contributed by atoms with Gasteiger partial charge >= 0.3 is 5.97 Å². The average molecular weight is 541 g/mol. The topological polar surface area (TPSA) is 88.0 Å². The number of carbonyl (C=O) groups is 2. The molecule has 10 atom stereocenters. The van der Waals surface area contributed by atoms with Gasteiger partial charge in [0.25, 0.3) is 5.91 Å². The van der Waals surface area contributed by atoms with Crippen molar-refractivity contribution >= 4 is 18.1 Å². The lowest BCUT2D eigenvalue weighted by molar-refractivity contribution is -0.240. The molecule has 5 saturated carbocycles. The second kappa shape index (κ2) is 9.34. The van der Waals surface area contributed by atoms with Gasteiger partial charge in [0.15, 0.2) is 0 Å². The fraction of sp³-hybridized carbons (Fsp3) is 0.848. The molecule has 0 bridgehead atoms. The molecule has 5 fully saturated rings. The van der Waals surface area contributed by atoms with Gasteiger partial charge in [-0.3, -0.25) is 9.59 Å². The van der Waals surface area contributed by atoms with Crippen LogP contribution in [0.5, 0.6) is 0 Å². The van der Waals surface area contributed by atoms with Crippen LogP contribution in [0.25, 0.3) is 0 Å². The van der Waals surface area contributed by atoms with Crippen molar-refractivity contribution in [3.05, 3.63) is 12.2 Å².